The van der Waals surface area contributed by atoms with Crippen LogP contribution in [-0.4, -0.2) is 30.0 Å². The molecule has 0 aliphatic carbocycles. The van der Waals surface area contributed by atoms with Crippen molar-refractivity contribution in [2.24, 2.45) is 0 Å². The van der Waals surface area contributed by atoms with Crippen molar-refractivity contribution in [2.45, 2.75) is 19.8 Å². The Bertz CT molecular complexity index is 370. The van der Waals surface area contributed by atoms with Crippen molar-refractivity contribution in [1.82, 2.24) is 4.90 Å². The van der Waals surface area contributed by atoms with E-state index in [2.05, 4.69) is 0 Å². The molecule has 0 fully saturated rings. The van der Waals surface area contributed by atoms with Crippen molar-refractivity contribution in [1.29, 1.82) is 0 Å². The summed E-state index contributed by atoms with van der Waals surface area (Å²) < 4.78 is 0. The number of phenolic OH excluding ortho intramolecular Hbond substituents is 1. The molecule has 0 spiro atoms. The molecule has 1 aromatic carbocycles. The smallest absolute Gasteiger partial charge is 0.253 e. The lowest BCUT2D eigenvalue weighted by atomic mass is 9.96. The van der Waals surface area contributed by atoms with Crippen molar-refractivity contribution in [3.8, 4) is 5.75 Å². The average molecular weight is 207 g/mol. The van der Waals surface area contributed by atoms with Crippen LogP contribution in [0, 0.1) is 0 Å². The van der Waals surface area contributed by atoms with E-state index in [0.29, 0.717) is 5.56 Å². The average Bonchev–Trinajstić information content (AvgIpc) is 2.16. The van der Waals surface area contributed by atoms with E-state index < -0.39 is 0 Å². The number of rotatable bonds is 2. The fourth-order valence-electron chi connectivity index (χ4n) is 1.46. The van der Waals surface area contributed by atoms with Crippen LogP contribution in [0.15, 0.2) is 18.2 Å². The topological polar surface area (TPSA) is 40.5 Å². The number of carbonyl (C=O) groups excluding carboxylic acids is 1. The number of amides is 1. The summed E-state index contributed by atoms with van der Waals surface area (Å²) in [6, 6.07) is 4.87. The number of benzene rings is 1. The second-order valence-corrected chi connectivity index (χ2v) is 4.13. The molecular weight excluding hydrogens is 190 g/mol. The molecule has 1 N–H and O–H groups in total. The molecule has 0 aromatic heterocycles. The molecule has 0 aliphatic rings. The highest BCUT2D eigenvalue weighted by Crippen LogP contribution is 2.24. The Morgan fingerprint density at radius 2 is 1.93 bits per heavy atom. The SMILES string of the molecule is CC(C)c1cc(O)ccc1C(=O)N(C)C. The Morgan fingerprint density at radius 3 is 2.40 bits per heavy atom. The van der Waals surface area contributed by atoms with Gasteiger partial charge in [-0.3, -0.25) is 4.79 Å². The van der Waals surface area contributed by atoms with Gasteiger partial charge in [0.25, 0.3) is 5.91 Å². The zero-order chi connectivity index (χ0) is 11.6. The molecule has 0 radical (unpaired) electrons. The Kier molecular flexibility index (Phi) is 3.35. The van der Waals surface area contributed by atoms with Crippen LogP contribution < -0.4 is 0 Å². The molecule has 0 saturated carbocycles. The second-order valence-electron chi connectivity index (χ2n) is 4.13. The summed E-state index contributed by atoms with van der Waals surface area (Å²) in [6.45, 7) is 4.00. The minimum Gasteiger partial charge on any atom is -0.508 e. The van der Waals surface area contributed by atoms with Crippen molar-refractivity contribution in [3.05, 3.63) is 29.3 Å². The summed E-state index contributed by atoms with van der Waals surface area (Å²) in [5, 5.41) is 9.38. The normalized spacial score (nSPS) is 10.5. The largest absolute Gasteiger partial charge is 0.508 e. The second kappa shape index (κ2) is 4.34. The first-order valence-corrected chi connectivity index (χ1v) is 4.98. The maximum atomic E-state index is 11.8. The van der Waals surface area contributed by atoms with E-state index >= 15 is 0 Å². The van der Waals surface area contributed by atoms with E-state index in [4.69, 9.17) is 0 Å². The lowest BCUT2D eigenvalue weighted by Crippen LogP contribution is -2.23. The van der Waals surface area contributed by atoms with E-state index in [1.165, 1.54) is 4.90 Å². The van der Waals surface area contributed by atoms with Crippen LogP contribution in [0.2, 0.25) is 0 Å². The van der Waals surface area contributed by atoms with Gasteiger partial charge in [0, 0.05) is 19.7 Å². The van der Waals surface area contributed by atoms with E-state index in [0.717, 1.165) is 5.56 Å². The number of hydrogen-bond donors (Lipinski definition) is 1. The summed E-state index contributed by atoms with van der Waals surface area (Å²) in [4.78, 5) is 13.4. The molecular formula is C12H17NO2. The van der Waals surface area contributed by atoms with Gasteiger partial charge < -0.3 is 10.0 Å². The fourth-order valence-corrected chi connectivity index (χ4v) is 1.46. The molecule has 0 aliphatic heterocycles. The van der Waals surface area contributed by atoms with Gasteiger partial charge in [0.2, 0.25) is 0 Å². The number of hydrogen-bond acceptors (Lipinski definition) is 2. The number of nitrogens with zero attached hydrogens (tertiary/aromatic N) is 1. The molecule has 0 atom stereocenters. The van der Waals surface area contributed by atoms with E-state index in [-0.39, 0.29) is 17.6 Å². The number of aromatic hydroxyl groups is 1. The molecule has 1 amide bonds. The summed E-state index contributed by atoms with van der Waals surface area (Å²) in [5.74, 6) is 0.392. The molecule has 1 aromatic rings. The molecule has 0 saturated heterocycles. The third-order valence-electron chi connectivity index (χ3n) is 2.29. The first-order chi connectivity index (χ1) is 6.93. The number of phenols is 1. The van der Waals surface area contributed by atoms with E-state index in [9.17, 15) is 9.90 Å². The third kappa shape index (κ3) is 2.49. The van der Waals surface area contributed by atoms with Crippen LogP contribution in [0.1, 0.15) is 35.7 Å². The lowest BCUT2D eigenvalue weighted by Gasteiger charge is -2.16. The zero-order valence-electron chi connectivity index (χ0n) is 9.61. The Labute approximate surface area is 90.3 Å². The van der Waals surface area contributed by atoms with Gasteiger partial charge in [-0.25, -0.2) is 0 Å². The van der Waals surface area contributed by atoms with Gasteiger partial charge in [0.1, 0.15) is 5.75 Å². The molecule has 15 heavy (non-hydrogen) atoms. The highest BCUT2D eigenvalue weighted by molar-refractivity contribution is 5.95. The maximum absolute atomic E-state index is 11.8. The van der Waals surface area contributed by atoms with Gasteiger partial charge >= 0.3 is 0 Å². The summed E-state index contributed by atoms with van der Waals surface area (Å²) in [6.07, 6.45) is 0. The van der Waals surface area contributed by atoms with Crippen LogP contribution in [-0.2, 0) is 0 Å². The van der Waals surface area contributed by atoms with Crippen LogP contribution in [0.4, 0.5) is 0 Å². The van der Waals surface area contributed by atoms with Crippen LogP contribution in [0.25, 0.3) is 0 Å². The molecule has 1 rings (SSSR count). The van der Waals surface area contributed by atoms with Gasteiger partial charge in [0.05, 0.1) is 0 Å². The van der Waals surface area contributed by atoms with Gasteiger partial charge in [-0.15, -0.1) is 0 Å². The minimum atomic E-state index is -0.0290. The first kappa shape index (κ1) is 11.6. The summed E-state index contributed by atoms with van der Waals surface area (Å²) in [5.41, 5.74) is 1.54. The van der Waals surface area contributed by atoms with Crippen LogP contribution in [0.5, 0.6) is 5.75 Å². The molecule has 82 valence electrons. The van der Waals surface area contributed by atoms with Crippen molar-refractivity contribution in [3.63, 3.8) is 0 Å². The predicted octanol–water partition coefficient (Wildman–Crippen LogP) is 2.22. The van der Waals surface area contributed by atoms with Crippen molar-refractivity contribution < 1.29 is 9.90 Å². The highest BCUT2D eigenvalue weighted by atomic mass is 16.3. The lowest BCUT2D eigenvalue weighted by molar-refractivity contribution is 0.0826. The first-order valence-electron chi connectivity index (χ1n) is 4.98. The molecule has 3 heteroatoms. The van der Waals surface area contributed by atoms with E-state index in [1.54, 1.807) is 32.3 Å². The predicted molar refractivity (Wildman–Crippen MR) is 60.2 cm³/mol. The Morgan fingerprint density at radius 1 is 1.33 bits per heavy atom. The van der Waals surface area contributed by atoms with Gasteiger partial charge in [-0.2, -0.15) is 0 Å². The van der Waals surface area contributed by atoms with Gasteiger partial charge in [-0.05, 0) is 29.7 Å². The third-order valence-corrected chi connectivity index (χ3v) is 2.29. The highest BCUT2D eigenvalue weighted by Gasteiger charge is 2.15. The number of carbonyl (C=O) groups is 1. The van der Waals surface area contributed by atoms with Crippen LogP contribution >= 0.6 is 0 Å². The quantitative estimate of drug-likeness (QED) is 0.807. The van der Waals surface area contributed by atoms with Gasteiger partial charge in [-0.1, -0.05) is 13.8 Å². The van der Waals surface area contributed by atoms with Crippen LogP contribution in [0.3, 0.4) is 0 Å². The summed E-state index contributed by atoms with van der Waals surface area (Å²) >= 11 is 0. The molecule has 0 bridgehead atoms. The monoisotopic (exact) mass is 207 g/mol. The maximum Gasteiger partial charge on any atom is 0.253 e. The van der Waals surface area contributed by atoms with Gasteiger partial charge in [0.15, 0.2) is 0 Å². The molecule has 3 nitrogen and oxygen atoms in total. The Balaban J connectivity index is 3.23. The molecule has 0 unspecified atom stereocenters. The van der Waals surface area contributed by atoms with Crippen molar-refractivity contribution in [2.75, 3.05) is 14.1 Å². The summed E-state index contributed by atoms with van der Waals surface area (Å²) in [7, 11) is 3.44. The van der Waals surface area contributed by atoms with E-state index in [1.807, 2.05) is 13.8 Å². The van der Waals surface area contributed by atoms with Crippen molar-refractivity contribution >= 4 is 5.91 Å². The Hall–Kier alpha value is -1.51. The standard InChI is InChI=1S/C12H17NO2/c1-8(2)11-7-9(14)5-6-10(11)12(15)13(3)4/h5-8,14H,1-4H3. The zero-order valence-corrected chi connectivity index (χ0v) is 9.61. The minimum absolute atomic E-state index is 0.0290. The molecule has 0 heterocycles. The fraction of sp³-hybridized carbons (Fsp3) is 0.417.